The Balaban J connectivity index is 1.61. The largest absolute Gasteiger partial charge is 0.352 e. The monoisotopic (exact) mass is 398 g/mol. The predicted octanol–water partition coefficient (Wildman–Crippen LogP) is 2.37. The third-order valence-electron chi connectivity index (χ3n) is 2.85. The van der Waals surface area contributed by atoms with E-state index in [-0.39, 0.29) is 5.91 Å². The van der Waals surface area contributed by atoms with Gasteiger partial charge in [-0.1, -0.05) is 6.07 Å². The Bertz CT molecular complexity index is 752. The molecule has 1 amide bonds. The van der Waals surface area contributed by atoms with Crippen LogP contribution in [0.4, 0.5) is 0 Å². The fourth-order valence-corrected chi connectivity index (χ4v) is 3.21. The van der Waals surface area contributed by atoms with E-state index in [1.165, 1.54) is 0 Å². The van der Waals surface area contributed by atoms with Crippen LogP contribution in [0.2, 0.25) is 0 Å². The Labute approximate surface area is 133 Å². The minimum atomic E-state index is -0.0435. The molecule has 0 saturated carbocycles. The van der Waals surface area contributed by atoms with Gasteiger partial charge in [0.2, 0.25) is 0 Å². The van der Waals surface area contributed by atoms with Gasteiger partial charge in [0.1, 0.15) is 5.82 Å². The molecular formula is C13H11IN4OS. The van der Waals surface area contributed by atoms with Gasteiger partial charge in [-0.25, -0.2) is 0 Å². The maximum Gasteiger partial charge on any atom is 0.252 e. The van der Waals surface area contributed by atoms with Gasteiger partial charge in [-0.05, 0) is 40.8 Å². The van der Waals surface area contributed by atoms with Crippen LogP contribution < -0.4 is 5.32 Å². The molecule has 0 atom stereocenters. The highest BCUT2D eigenvalue weighted by Crippen LogP contribution is 2.16. The van der Waals surface area contributed by atoms with Crippen LogP contribution >= 0.6 is 33.9 Å². The van der Waals surface area contributed by atoms with Gasteiger partial charge in [-0.2, -0.15) is 0 Å². The maximum absolute atomic E-state index is 11.9. The Morgan fingerprint density at radius 1 is 1.40 bits per heavy atom. The van der Waals surface area contributed by atoms with Crippen molar-refractivity contribution in [1.29, 1.82) is 0 Å². The molecule has 3 heterocycles. The zero-order valence-corrected chi connectivity index (χ0v) is 13.4. The van der Waals surface area contributed by atoms with Crippen molar-refractivity contribution in [3.05, 3.63) is 50.1 Å². The van der Waals surface area contributed by atoms with E-state index in [4.69, 9.17) is 0 Å². The van der Waals surface area contributed by atoms with Gasteiger partial charge >= 0.3 is 0 Å². The van der Waals surface area contributed by atoms with Crippen LogP contribution in [0.3, 0.4) is 0 Å². The second-order valence-corrected chi connectivity index (χ2v) is 7.00. The van der Waals surface area contributed by atoms with E-state index < -0.39 is 0 Å². The lowest BCUT2D eigenvalue weighted by molar-refractivity contribution is 0.0954. The van der Waals surface area contributed by atoms with Crippen LogP contribution in [0.15, 0.2) is 35.8 Å². The number of nitrogens with one attached hydrogen (secondary N) is 1. The first-order chi connectivity index (χ1) is 9.74. The van der Waals surface area contributed by atoms with Gasteiger partial charge in [-0.3, -0.25) is 9.20 Å². The van der Waals surface area contributed by atoms with Crippen molar-refractivity contribution in [2.45, 2.75) is 6.42 Å². The number of carbonyl (C=O) groups excluding carboxylic acids is 1. The number of thiophene rings is 1. The van der Waals surface area contributed by atoms with Crippen LogP contribution in [0.25, 0.3) is 5.65 Å². The average Bonchev–Trinajstić information content (AvgIpc) is 3.06. The molecule has 0 unspecified atom stereocenters. The van der Waals surface area contributed by atoms with Crippen molar-refractivity contribution in [3.63, 3.8) is 0 Å². The standard InChI is InChI=1S/C13H11IN4OS/c14-10-7-9(8-20-10)13(19)15-5-4-12-17-16-11-3-1-2-6-18(11)12/h1-3,6-8H,4-5H2,(H,15,19). The van der Waals surface area contributed by atoms with Crippen LogP contribution in [0, 0.1) is 2.88 Å². The Hall–Kier alpha value is -1.48. The van der Waals surface area contributed by atoms with Crippen LogP contribution in [-0.2, 0) is 6.42 Å². The van der Waals surface area contributed by atoms with Gasteiger partial charge in [0.25, 0.3) is 5.91 Å². The number of nitrogens with zero attached hydrogens (tertiary/aromatic N) is 3. The molecule has 3 aromatic heterocycles. The minimum Gasteiger partial charge on any atom is -0.352 e. The second-order valence-electron chi connectivity index (χ2n) is 4.19. The molecule has 0 saturated heterocycles. The summed E-state index contributed by atoms with van der Waals surface area (Å²) in [5, 5.41) is 13.0. The van der Waals surface area contributed by atoms with Crippen LogP contribution in [0.5, 0.6) is 0 Å². The first-order valence-electron chi connectivity index (χ1n) is 6.05. The van der Waals surface area contributed by atoms with Crippen LogP contribution in [0.1, 0.15) is 16.2 Å². The summed E-state index contributed by atoms with van der Waals surface area (Å²) in [6.45, 7) is 0.543. The van der Waals surface area contributed by atoms with Crippen molar-refractivity contribution in [3.8, 4) is 0 Å². The number of carbonyl (C=O) groups is 1. The predicted molar refractivity (Wildman–Crippen MR) is 86.1 cm³/mol. The molecule has 0 radical (unpaired) electrons. The van der Waals surface area contributed by atoms with Gasteiger partial charge in [-0.15, -0.1) is 21.5 Å². The summed E-state index contributed by atoms with van der Waals surface area (Å²) in [7, 11) is 0. The fourth-order valence-electron chi connectivity index (χ4n) is 1.88. The van der Waals surface area contributed by atoms with E-state index >= 15 is 0 Å². The first-order valence-corrected chi connectivity index (χ1v) is 8.01. The smallest absolute Gasteiger partial charge is 0.252 e. The Morgan fingerprint density at radius 3 is 3.10 bits per heavy atom. The minimum absolute atomic E-state index is 0.0435. The molecule has 3 rings (SSSR count). The quantitative estimate of drug-likeness (QED) is 0.687. The fraction of sp³-hybridized carbons (Fsp3) is 0.154. The molecule has 0 bridgehead atoms. The molecule has 5 nitrogen and oxygen atoms in total. The van der Waals surface area contributed by atoms with E-state index in [1.807, 2.05) is 40.2 Å². The molecule has 0 aliphatic rings. The molecule has 0 aromatic carbocycles. The molecule has 0 aliphatic carbocycles. The Kier molecular flexibility index (Phi) is 3.97. The van der Waals surface area contributed by atoms with Crippen LogP contribution in [-0.4, -0.2) is 27.0 Å². The third kappa shape index (κ3) is 2.83. The average molecular weight is 398 g/mol. The highest BCUT2D eigenvalue weighted by Gasteiger charge is 2.08. The first kappa shape index (κ1) is 13.5. The zero-order chi connectivity index (χ0) is 13.9. The van der Waals surface area contributed by atoms with Crippen molar-refractivity contribution in [2.24, 2.45) is 0 Å². The van der Waals surface area contributed by atoms with E-state index in [0.717, 1.165) is 14.4 Å². The van der Waals surface area contributed by atoms with Gasteiger partial charge in [0.05, 0.1) is 8.45 Å². The number of hydrogen-bond acceptors (Lipinski definition) is 4. The van der Waals surface area contributed by atoms with Gasteiger partial charge in [0.15, 0.2) is 5.65 Å². The molecule has 20 heavy (non-hydrogen) atoms. The maximum atomic E-state index is 11.9. The lowest BCUT2D eigenvalue weighted by atomic mass is 10.3. The molecule has 1 N–H and O–H groups in total. The summed E-state index contributed by atoms with van der Waals surface area (Å²) in [6.07, 6.45) is 2.58. The summed E-state index contributed by atoms with van der Waals surface area (Å²) in [6, 6.07) is 7.65. The summed E-state index contributed by atoms with van der Waals surface area (Å²) in [4.78, 5) is 11.9. The SMILES string of the molecule is O=C(NCCc1nnc2ccccn12)c1csc(I)c1. The van der Waals surface area contributed by atoms with Crippen molar-refractivity contribution < 1.29 is 4.79 Å². The molecule has 102 valence electrons. The zero-order valence-electron chi connectivity index (χ0n) is 10.4. The molecule has 7 heteroatoms. The summed E-state index contributed by atoms with van der Waals surface area (Å²) in [5.74, 6) is 0.804. The van der Waals surface area contributed by atoms with Crippen molar-refractivity contribution >= 4 is 45.5 Å². The highest BCUT2D eigenvalue weighted by atomic mass is 127. The van der Waals surface area contributed by atoms with Gasteiger partial charge in [0, 0.05) is 24.5 Å². The summed E-state index contributed by atoms with van der Waals surface area (Å²) >= 11 is 3.77. The number of rotatable bonds is 4. The number of amides is 1. The molecule has 0 aliphatic heterocycles. The number of pyridine rings is 1. The van der Waals surface area contributed by atoms with E-state index in [2.05, 4.69) is 38.1 Å². The summed E-state index contributed by atoms with van der Waals surface area (Å²) < 4.78 is 3.04. The number of halogens is 1. The summed E-state index contributed by atoms with van der Waals surface area (Å²) in [5.41, 5.74) is 1.53. The highest BCUT2D eigenvalue weighted by molar-refractivity contribution is 14.1. The molecule has 0 fully saturated rings. The lowest BCUT2D eigenvalue weighted by Gasteiger charge is -2.02. The number of fused-ring (bicyclic) bond motifs is 1. The third-order valence-corrected chi connectivity index (χ3v) is 4.64. The Morgan fingerprint density at radius 2 is 2.30 bits per heavy atom. The normalized spacial score (nSPS) is 10.8. The number of aromatic nitrogens is 3. The topological polar surface area (TPSA) is 59.3 Å². The number of hydrogen-bond donors (Lipinski definition) is 1. The molecule has 3 aromatic rings. The second kappa shape index (κ2) is 5.88. The van der Waals surface area contributed by atoms with E-state index in [9.17, 15) is 4.79 Å². The molecular weight excluding hydrogens is 387 g/mol. The molecule has 0 spiro atoms. The van der Waals surface area contributed by atoms with E-state index in [0.29, 0.717) is 18.5 Å². The lowest BCUT2D eigenvalue weighted by Crippen LogP contribution is -2.25. The van der Waals surface area contributed by atoms with E-state index in [1.54, 1.807) is 11.3 Å². The van der Waals surface area contributed by atoms with Gasteiger partial charge < -0.3 is 5.32 Å². The van der Waals surface area contributed by atoms with Crippen molar-refractivity contribution in [1.82, 2.24) is 19.9 Å². The van der Waals surface area contributed by atoms with Crippen molar-refractivity contribution in [2.75, 3.05) is 6.54 Å².